The monoisotopic (exact) mass is 606 g/mol. The maximum absolute atomic E-state index is 2.47. The van der Waals surface area contributed by atoms with Gasteiger partial charge >= 0.3 is 0 Å². The normalized spacial score (nSPS) is 12.6. The molecule has 2 aliphatic rings. The molecule has 0 amide bonds. The molecule has 9 rings (SSSR count). The maximum atomic E-state index is 2.47. The zero-order chi connectivity index (χ0) is 32.4. The van der Waals surface area contributed by atoms with Gasteiger partial charge in [0.15, 0.2) is 0 Å². The Morgan fingerprint density at radius 1 is 0.383 bits per heavy atom. The van der Waals surface area contributed by atoms with E-state index in [0.717, 1.165) is 0 Å². The Kier molecular flexibility index (Phi) is 8.35. The van der Waals surface area contributed by atoms with Crippen molar-refractivity contribution in [1.29, 1.82) is 0 Å². The van der Waals surface area contributed by atoms with Crippen molar-refractivity contribution < 1.29 is 0 Å². The molecule has 0 bridgehead atoms. The second kappa shape index (κ2) is 12.9. The van der Waals surface area contributed by atoms with Gasteiger partial charge in [0.1, 0.15) is 0 Å². The molecule has 0 nitrogen and oxygen atoms in total. The third kappa shape index (κ3) is 4.83. The summed E-state index contributed by atoms with van der Waals surface area (Å²) in [5.41, 5.74) is 15.5. The molecule has 0 radical (unpaired) electrons. The second-order valence-electron chi connectivity index (χ2n) is 12.3. The molecular formula is C47H42. The van der Waals surface area contributed by atoms with Crippen LogP contribution in [0.5, 0.6) is 0 Å². The van der Waals surface area contributed by atoms with Gasteiger partial charge in [-0.3, -0.25) is 0 Å². The summed E-state index contributed by atoms with van der Waals surface area (Å²) in [6, 6.07) is 58.5. The van der Waals surface area contributed by atoms with Crippen LogP contribution in [0, 0.1) is 0 Å². The first-order chi connectivity index (χ1) is 23.3. The summed E-state index contributed by atoms with van der Waals surface area (Å²) in [6.07, 6.45) is 2.64. The van der Waals surface area contributed by atoms with E-state index in [1.165, 1.54) is 90.4 Å². The van der Waals surface area contributed by atoms with Gasteiger partial charge in [-0.25, -0.2) is 0 Å². The van der Waals surface area contributed by atoms with E-state index in [-0.39, 0.29) is 5.41 Å². The molecule has 0 unspecified atom stereocenters. The molecule has 0 atom stereocenters. The first kappa shape index (κ1) is 30.5. The molecule has 0 heteroatoms. The zero-order valence-corrected chi connectivity index (χ0v) is 27.9. The smallest absolute Gasteiger partial charge is 0.0683 e. The number of benzene rings is 7. The lowest BCUT2D eigenvalue weighted by atomic mass is 9.69. The van der Waals surface area contributed by atoms with Crippen LogP contribution in [0.1, 0.15) is 62.8 Å². The predicted octanol–water partition coefficient (Wildman–Crippen LogP) is 13.3. The number of hydrogen-bond acceptors (Lipinski definition) is 0. The highest BCUT2D eigenvalue weighted by Gasteiger charge is 2.52. The van der Waals surface area contributed by atoms with E-state index in [2.05, 4.69) is 172 Å². The summed E-state index contributed by atoms with van der Waals surface area (Å²) in [6.45, 7) is 8.36. The van der Waals surface area contributed by atoms with Gasteiger partial charge in [-0.2, -0.15) is 0 Å². The van der Waals surface area contributed by atoms with Crippen LogP contribution in [0.15, 0.2) is 158 Å². The van der Waals surface area contributed by atoms with Gasteiger partial charge < -0.3 is 0 Å². The van der Waals surface area contributed by atoms with E-state index in [0.29, 0.717) is 0 Å². The van der Waals surface area contributed by atoms with Gasteiger partial charge in [0.05, 0.1) is 5.41 Å². The van der Waals surface area contributed by atoms with Gasteiger partial charge in [-0.1, -0.05) is 186 Å². The molecule has 47 heavy (non-hydrogen) atoms. The number of hydrogen-bond donors (Lipinski definition) is 0. The summed E-state index contributed by atoms with van der Waals surface area (Å²) >= 11 is 0. The fraction of sp³-hybridized carbons (Fsp3) is 0.149. The lowest BCUT2D eigenvalue weighted by Gasteiger charge is -2.31. The lowest BCUT2D eigenvalue weighted by molar-refractivity contribution is 0.801. The molecule has 7 aromatic rings. The summed E-state index contributed by atoms with van der Waals surface area (Å²) < 4.78 is 0. The second-order valence-corrected chi connectivity index (χ2v) is 12.3. The predicted molar refractivity (Wildman–Crippen MR) is 203 cm³/mol. The zero-order valence-electron chi connectivity index (χ0n) is 27.9. The summed E-state index contributed by atoms with van der Waals surface area (Å²) in [7, 11) is 0. The SMILES string of the molecule is CC.CCCC.c1ccc(-c2ccc3c(c2)C2(c4ccccc4-c4ccccc42)c2c-3ccc3cc(-c4ccccc4)ccc23)cc1. The highest BCUT2D eigenvalue weighted by Crippen LogP contribution is 2.64. The van der Waals surface area contributed by atoms with Crippen molar-refractivity contribution in [3.05, 3.63) is 180 Å². The first-order valence-corrected chi connectivity index (χ1v) is 17.3. The maximum Gasteiger partial charge on any atom is 0.0731 e. The van der Waals surface area contributed by atoms with Crippen molar-refractivity contribution in [1.82, 2.24) is 0 Å². The molecule has 0 saturated heterocycles. The molecule has 0 aliphatic heterocycles. The summed E-state index contributed by atoms with van der Waals surface area (Å²) in [5, 5.41) is 2.61. The lowest BCUT2D eigenvalue weighted by Crippen LogP contribution is -2.26. The topological polar surface area (TPSA) is 0 Å². The Labute approximate surface area is 280 Å². The standard InChI is InChI=1S/C41H26.C4H10.C2H6/c1-3-11-27(12-4-1)29-19-22-32-31(25-29)21-24-36-35-23-20-30(28-13-5-2-6-14-28)26-39(35)41(40(32)36)37-17-9-7-15-33(37)34-16-8-10-18-38(34)41;1-3-4-2;1-2/h1-26H;3-4H2,1-2H3;1-2H3. The molecule has 0 aromatic heterocycles. The van der Waals surface area contributed by atoms with Crippen molar-refractivity contribution in [3.8, 4) is 44.5 Å². The van der Waals surface area contributed by atoms with Crippen LogP contribution in [-0.4, -0.2) is 0 Å². The van der Waals surface area contributed by atoms with Crippen LogP contribution in [0.3, 0.4) is 0 Å². The van der Waals surface area contributed by atoms with Crippen LogP contribution < -0.4 is 0 Å². The van der Waals surface area contributed by atoms with E-state index in [4.69, 9.17) is 0 Å². The van der Waals surface area contributed by atoms with Crippen molar-refractivity contribution >= 4 is 10.8 Å². The molecule has 2 aliphatic carbocycles. The van der Waals surface area contributed by atoms with Crippen LogP contribution in [0.2, 0.25) is 0 Å². The molecule has 0 saturated carbocycles. The van der Waals surface area contributed by atoms with Crippen LogP contribution in [0.4, 0.5) is 0 Å². The first-order valence-electron chi connectivity index (χ1n) is 17.3. The van der Waals surface area contributed by atoms with Crippen LogP contribution >= 0.6 is 0 Å². The fourth-order valence-electron chi connectivity index (χ4n) is 7.60. The molecule has 7 aromatic carbocycles. The third-order valence-electron chi connectivity index (χ3n) is 9.78. The van der Waals surface area contributed by atoms with Gasteiger partial charge in [-0.15, -0.1) is 0 Å². The van der Waals surface area contributed by atoms with E-state index in [1.54, 1.807) is 0 Å². The summed E-state index contributed by atoms with van der Waals surface area (Å²) in [5.74, 6) is 0. The fourth-order valence-corrected chi connectivity index (χ4v) is 7.60. The molecular weight excluding hydrogens is 565 g/mol. The third-order valence-corrected chi connectivity index (χ3v) is 9.78. The minimum Gasteiger partial charge on any atom is -0.0683 e. The van der Waals surface area contributed by atoms with Gasteiger partial charge in [-0.05, 0) is 89.7 Å². The minimum atomic E-state index is -0.379. The largest absolute Gasteiger partial charge is 0.0731 e. The van der Waals surface area contributed by atoms with Crippen LogP contribution in [0.25, 0.3) is 55.3 Å². The average Bonchev–Trinajstić information content (AvgIpc) is 3.63. The minimum absolute atomic E-state index is 0.379. The number of fused-ring (bicyclic) bond motifs is 12. The number of rotatable bonds is 3. The highest BCUT2D eigenvalue weighted by atomic mass is 14.5. The van der Waals surface area contributed by atoms with Gasteiger partial charge in [0.25, 0.3) is 0 Å². The van der Waals surface area contributed by atoms with Crippen molar-refractivity contribution in [3.63, 3.8) is 0 Å². The summed E-state index contributed by atoms with van der Waals surface area (Å²) in [4.78, 5) is 0. The number of unbranched alkanes of at least 4 members (excludes halogenated alkanes) is 1. The average molecular weight is 607 g/mol. The molecule has 0 N–H and O–H groups in total. The molecule has 1 spiro atoms. The van der Waals surface area contributed by atoms with E-state index in [9.17, 15) is 0 Å². The van der Waals surface area contributed by atoms with Gasteiger partial charge in [0, 0.05) is 0 Å². The Hall–Kier alpha value is -5.20. The molecule has 230 valence electrons. The Bertz CT molecular complexity index is 2120. The molecule has 0 fully saturated rings. The van der Waals surface area contributed by atoms with E-state index in [1.807, 2.05) is 13.8 Å². The Balaban J connectivity index is 0.000000547. The Morgan fingerprint density at radius 2 is 0.851 bits per heavy atom. The Morgan fingerprint density at radius 3 is 1.43 bits per heavy atom. The van der Waals surface area contributed by atoms with Crippen molar-refractivity contribution in [2.75, 3.05) is 0 Å². The quantitative estimate of drug-likeness (QED) is 0.188. The van der Waals surface area contributed by atoms with Crippen molar-refractivity contribution in [2.24, 2.45) is 0 Å². The highest BCUT2D eigenvalue weighted by molar-refractivity contribution is 6.05. The van der Waals surface area contributed by atoms with E-state index >= 15 is 0 Å². The van der Waals surface area contributed by atoms with Crippen molar-refractivity contribution in [2.45, 2.75) is 46.0 Å². The van der Waals surface area contributed by atoms with Crippen LogP contribution in [-0.2, 0) is 5.41 Å². The van der Waals surface area contributed by atoms with Gasteiger partial charge in [0.2, 0.25) is 0 Å². The van der Waals surface area contributed by atoms with E-state index < -0.39 is 0 Å². The molecule has 0 heterocycles.